The van der Waals surface area contributed by atoms with Crippen LogP contribution in [0, 0.1) is 0 Å². The molecular formula is C16H26N2O2. The fourth-order valence-corrected chi connectivity index (χ4v) is 2.10. The lowest BCUT2D eigenvalue weighted by Crippen LogP contribution is -2.56. The first-order chi connectivity index (χ1) is 9.41. The number of methoxy groups -OCH3 is 1. The second-order valence-electron chi connectivity index (χ2n) is 5.50. The Morgan fingerprint density at radius 3 is 2.45 bits per heavy atom. The lowest BCUT2D eigenvalue weighted by molar-refractivity contribution is -0.124. The first-order valence-electron chi connectivity index (χ1n) is 7.12. The van der Waals surface area contributed by atoms with Crippen LogP contribution in [0.1, 0.15) is 39.2 Å². The molecule has 0 aliphatic heterocycles. The molecule has 0 saturated carbocycles. The zero-order chi connectivity index (χ0) is 15.2. The topological polar surface area (TPSA) is 64.3 Å². The minimum atomic E-state index is -0.671. The van der Waals surface area contributed by atoms with Crippen molar-refractivity contribution in [3.63, 3.8) is 0 Å². The Hall–Kier alpha value is -1.55. The number of carbonyl (C=O) groups excluding carboxylic acids is 1. The fourth-order valence-electron chi connectivity index (χ4n) is 2.10. The highest BCUT2D eigenvalue weighted by Gasteiger charge is 2.31. The van der Waals surface area contributed by atoms with Gasteiger partial charge in [0.1, 0.15) is 5.75 Å². The molecule has 112 valence electrons. The summed E-state index contributed by atoms with van der Waals surface area (Å²) < 4.78 is 5.13. The maximum Gasteiger partial charge on any atom is 0.237 e. The van der Waals surface area contributed by atoms with E-state index in [-0.39, 0.29) is 11.9 Å². The van der Waals surface area contributed by atoms with Gasteiger partial charge in [-0.05, 0) is 50.8 Å². The van der Waals surface area contributed by atoms with E-state index in [9.17, 15) is 4.79 Å². The van der Waals surface area contributed by atoms with Crippen LogP contribution < -0.4 is 15.8 Å². The number of amides is 1. The summed E-state index contributed by atoms with van der Waals surface area (Å²) in [5.74, 6) is 0.537. The standard InChI is InChI=1S/C16H26N2O2/c1-5-12(2)18-16(3,15(17)19)11-10-13-6-8-14(20-4)9-7-13/h6-9,12,18H,5,10-11H2,1-4H3,(H2,17,19). The van der Waals surface area contributed by atoms with Crippen molar-refractivity contribution in [3.8, 4) is 5.75 Å². The molecule has 20 heavy (non-hydrogen) atoms. The number of hydrogen-bond acceptors (Lipinski definition) is 3. The van der Waals surface area contributed by atoms with E-state index in [2.05, 4.69) is 19.2 Å². The van der Waals surface area contributed by atoms with Crippen LogP contribution in [0.15, 0.2) is 24.3 Å². The minimum absolute atomic E-state index is 0.267. The molecular weight excluding hydrogens is 252 g/mol. The maximum atomic E-state index is 11.7. The first kappa shape index (κ1) is 16.5. The van der Waals surface area contributed by atoms with Crippen LogP contribution in [-0.4, -0.2) is 24.6 Å². The second-order valence-corrected chi connectivity index (χ2v) is 5.50. The molecule has 1 aromatic carbocycles. The number of nitrogens with one attached hydrogen (secondary N) is 1. The van der Waals surface area contributed by atoms with Crippen LogP contribution in [0.2, 0.25) is 0 Å². The number of benzene rings is 1. The largest absolute Gasteiger partial charge is 0.497 e. The number of primary amides is 1. The Morgan fingerprint density at radius 2 is 2.00 bits per heavy atom. The van der Waals surface area contributed by atoms with Crippen molar-refractivity contribution in [2.75, 3.05) is 7.11 Å². The molecule has 1 rings (SSSR count). The summed E-state index contributed by atoms with van der Waals surface area (Å²) in [5.41, 5.74) is 6.06. The van der Waals surface area contributed by atoms with Gasteiger partial charge in [-0.2, -0.15) is 0 Å². The van der Waals surface area contributed by atoms with Crippen LogP contribution >= 0.6 is 0 Å². The molecule has 0 bridgehead atoms. The van der Waals surface area contributed by atoms with E-state index in [0.717, 1.165) is 18.6 Å². The highest BCUT2D eigenvalue weighted by atomic mass is 16.5. The average molecular weight is 278 g/mol. The number of hydrogen-bond donors (Lipinski definition) is 2. The Bertz CT molecular complexity index is 431. The summed E-state index contributed by atoms with van der Waals surface area (Å²) in [7, 11) is 1.65. The number of carbonyl (C=O) groups is 1. The third-order valence-corrected chi connectivity index (χ3v) is 3.79. The van der Waals surface area contributed by atoms with Crippen LogP contribution in [0.3, 0.4) is 0 Å². The molecule has 0 aromatic heterocycles. The van der Waals surface area contributed by atoms with Gasteiger partial charge >= 0.3 is 0 Å². The Kier molecular flexibility index (Phi) is 6.02. The highest BCUT2D eigenvalue weighted by molar-refractivity contribution is 5.84. The summed E-state index contributed by atoms with van der Waals surface area (Å²) in [6.45, 7) is 6.03. The van der Waals surface area contributed by atoms with E-state index in [0.29, 0.717) is 6.42 Å². The van der Waals surface area contributed by atoms with Gasteiger partial charge in [0.2, 0.25) is 5.91 Å². The zero-order valence-corrected chi connectivity index (χ0v) is 12.9. The van der Waals surface area contributed by atoms with Crippen molar-refractivity contribution in [2.45, 2.75) is 51.6 Å². The lowest BCUT2D eigenvalue weighted by atomic mass is 9.91. The van der Waals surface area contributed by atoms with Crippen molar-refractivity contribution < 1.29 is 9.53 Å². The monoisotopic (exact) mass is 278 g/mol. The molecule has 1 aromatic rings. The summed E-state index contributed by atoms with van der Waals surface area (Å²) in [5, 5.41) is 3.34. The van der Waals surface area contributed by atoms with Crippen molar-refractivity contribution in [3.05, 3.63) is 29.8 Å². The number of rotatable bonds is 8. The van der Waals surface area contributed by atoms with Crippen LogP contribution in [0.4, 0.5) is 0 Å². The van der Waals surface area contributed by atoms with Gasteiger partial charge in [0, 0.05) is 6.04 Å². The third-order valence-electron chi connectivity index (χ3n) is 3.79. The molecule has 4 nitrogen and oxygen atoms in total. The molecule has 2 atom stereocenters. The number of nitrogens with two attached hydrogens (primary N) is 1. The van der Waals surface area contributed by atoms with Crippen molar-refractivity contribution >= 4 is 5.91 Å². The van der Waals surface area contributed by atoms with Crippen molar-refractivity contribution in [1.29, 1.82) is 0 Å². The van der Waals surface area contributed by atoms with Crippen LogP contribution in [-0.2, 0) is 11.2 Å². The highest BCUT2D eigenvalue weighted by Crippen LogP contribution is 2.18. The van der Waals surface area contributed by atoms with Gasteiger partial charge in [-0.15, -0.1) is 0 Å². The molecule has 0 radical (unpaired) electrons. The van der Waals surface area contributed by atoms with Crippen molar-refractivity contribution in [2.24, 2.45) is 5.73 Å². The molecule has 3 N–H and O–H groups in total. The molecule has 0 aliphatic rings. The van der Waals surface area contributed by atoms with Crippen molar-refractivity contribution in [1.82, 2.24) is 5.32 Å². The lowest BCUT2D eigenvalue weighted by Gasteiger charge is -2.31. The normalized spacial score (nSPS) is 15.4. The van der Waals surface area contributed by atoms with Gasteiger partial charge in [-0.1, -0.05) is 19.1 Å². The zero-order valence-electron chi connectivity index (χ0n) is 12.9. The quantitative estimate of drug-likeness (QED) is 0.766. The molecule has 0 aliphatic carbocycles. The fraction of sp³-hybridized carbons (Fsp3) is 0.562. The van der Waals surface area contributed by atoms with Gasteiger partial charge in [-0.3, -0.25) is 4.79 Å². The Balaban J connectivity index is 2.68. The predicted molar refractivity (Wildman–Crippen MR) is 81.8 cm³/mol. The maximum absolute atomic E-state index is 11.7. The Labute approximate surface area is 121 Å². The molecule has 0 heterocycles. The van der Waals surface area contributed by atoms with E-state index in [1.807, 2.05) is 31.2 Å². The number of ether oxygens (including phenoxy) is 1. The van der Waals surface area contributed by atoms with E-state index in [1.54, 1.807) is 7.11 Å². The van der Waals surface area contributed by atoms with E-state index in [4.69, 9.17) is 10.5 Å². The predicted octanol–water partition coefficient (Wildman–Crippen LogP) is 2.26. The molecule has 4 heteroatoms. The molecule has 1 amide bonds. The van der Waals surface area contributed by atoms with Crippen LogP contribution in [0.5, 0.6) is 5.75 Å². The van der Waals surface area contributed by atoms with Gasteiger partial charge < -0.3 is 15.8 Å². The summed E-state index contributed by atoms with van der Waals surface area (Å²) in [6.07, 6.45) is 2.44. The Morgan fingerprint density at radius 1 is 1.40 bits per heavy atom. The second kappa shape index (κ2) is 7.29. The van der Waals surface area contributed by atoms with Gasteiger partial charge in [0.25, 0.3) is 0 Å². The molecule has 0 saturated heterocycles. The molecule has 2 unspecified atom stereocenters. The third kappa shape index (κ3) is 4.53. The summed E-state index contributed by atoms with van der Waals surface area (Å²) in [4.78, 5) is 11.7. The van der Waals surface area contributed by atoms with E-state index >= 15 is 0 Å². The van der Waals surface area contributed by atoms with Gasteiger partial charge in [0.05, 0.1) is 12.6 Å². The summed E-state index contributed by atoms with van der Waals surface area (Å²) in [6, 6.07) is 8.16. The molecule has 0 spiro atoms. The SMILES string of the molecule is CCC(C)NC(C)(CCc1ccc(OC)cc1)C(N)=O. The van der Waals surface area contributed by atoms with Crippen LogP contribution in [0.25, 0.3) is 0 Å². The minimum Gasteiger partial charge on any atom is -0.497 e. The number of aryl methyl sites for hydroxylation is 1. The smallest absolute Gasteiger partial charge is 0.237 e. The van der Waals surface area contributed by atoms with E-state index in [1.165, 1.54) is 5.56 Å². The van der Waals surface area contributed by atoms with E-state index < -0.39 is 5.54 Å². The first-order valence-corrected chi connectivity index (χ1v) is 7.12. The average Bonchev–Trinajstić information content (AvgIpc) is 2.45. The summed E-state index contributed by atoms with van der Waals surface area (Å²) >= 11 is 0. The van der Waals surface area contributed by atoms with Gasteiger partial charge in [0.15, 0.2) is 0 Å². The van der Waals surface area contributed by atoms with Gasteiger partial charge in [-0.25, -0.2) is 0 Å². The molecule has 0 fully saturated rings.